The lowest BCUT2D eigenvalue weighted by atomic mass is 10.1. The maximum Gasteiger partial charge on any atom is 0.251 e. The molecule has 0 aromatic heterocycles. The quantitative estimate of drug-likeness (QED) is 0.677. The first-order chi connectivity index (χ1) is 13.5. The number of ether oxygens (including phenoxy) is 1. The van der Waals surface area contributed by atoms with Crippen LogP contribution in [0.1, 0.15) is 29.8 Å². The van der Waals surface area contributed by atoms with E-state index in [0.29, 0.717) is 24.4 Å². The summed E-state index contributed by atoms with van der Waals surface area (Å²) < 4.78 is 20.0. The lowest BCUT2D eigenvalue weighted by Crippen LogP contribution is -2.28. The van der Waals surface area contributed by atoms with Crippen LogP contribution in [0.4, 0.5) is 10.1 Å². The lowest BCUT2D eigenvalue weighted by Gasteiger charge is -2.19. The molecule has 0 aliphatic rings. The third-order valence-corrected chi connectivity index (χ3v) is 4.66. The number of likely N-dealkylation sites (N-methyl/N-ethyl adjacent to an activating group) is 1. The maximum atomic E-state index is 14.1. The van der Waals surface area contributed by atoms with E-state index in [1.54, 1.807) is 31.1 Å². The minimum absolute atomic E-state index is 0.294. The molecular weight excluding hydrogens is 357 g/mol. The van der Waals surface area contributed by atoms with Crippen molar-refractivity contribution >= 4 is 11.6 Å². The van der Waals surface area contributed by atoms with Crippen LogP contribution in [0.5, 0.6) is 5.75 Å². The highest BCUT2D eigenvalue weighted by Gasteiger charge is 2.12. The maximum absolute atomic E-state index is 14.1. The standard InChI is InChI=1S/C22H30FN3O2/c1-5-26(6-2)13-14-28-21-10-8-7-9-18(21)16-24-22(27)17-11-12-20(25(3)4)19(23)15-17/h7-12,15H,5-6,13-14,16H2,1-4H3,(H,24,27). The fraction of sp³-hybridized carbons (Fsp3) is 0.409. The van der Waals surface area contributed by atoms with Gasteiger partial charge in [0.2, 0.25) is 0 Å². The number of hydrogen-bond acceptors (Lipinski definition) is 4. The Labute approximate surface area is 167 Å². The van der Waals surface area contributed by atoms with Crippen molar-refractivity contribution < 1.29 is 13.9 Å². The predicted molar refractivity (Wildman–Crippen MR) is 112 cm³/mol. The zero-order chi connectivity index (χ0) is 20.5. The molecule has 0 saturated heterocycles. The van der Waals surface area contributed by atoms with Crippen LogP contribution in [0, 0.1) is 5.82 Å². The minimum Gasteiger partial charge on any atom is -0.492 e. The Kier molecular flexibility index (Phi) is 8.26. The summed E-state index contributed by atoms with van der Waals surface area (Å²) in [6, 6.07) is 12.1. The number of nitrogens with zero attached hydrogens (tertiary/aromatic N) is 2. The Balaban J connectivity index is 1.97. The molecule has 2 rings (SSSR count). The Hall–Kier alpha value is -2.60. The highest BCUT2D eigenvalue weighted by atomic mass is 19.1. The van der Waals surface area contributed by atoms with Crippen molar-refractivity contribution in [2.24, 2.45) is 0 Å². The minimum atomic E-state index is -0.419. The largest absolute Gasteiger partial charge is 0.492 e. The van der Waals surface area contributed by atoms with Crippen LogP contribution in [-0.2, 0) is 6.54 Å². The Morgan fingerprint density at radius 3 is 2.46 bits per heavy atom. The van der Waals surface area contributed by atoms with Gasteiger partial charge in [0.1, 0.15) is 18.2 Å². The van der Waals surface area contributed by atoms with Gasteiger partial charge in [0.25, 0.3) is 5.91 Å². The number of anilines is 1. The number of carbonyl (C=O) groups excluding carboxylic acids is 1. The molecule has 6 heteroatoms. The van der Waals surface area contributed by atoms with Crippen LogP contribution >= 0.6 is 0 Å². The molecule has 0 radical (unpaired) electrons. The summed E-state index contributed by atoms with van der Waals surface area (Å²) in [6.07, 6.45) is 0. The molecule has 0 bridgehead atoms. The molecule has 0 saturated carbocycles. The van der Waals surface area contributed by atoms with E-state index in [1.165, 1.54) is 6.07 Å². The van der Waals surface area contributed by atoms with Crippen LogP contribution in [0.3, 0.4) is 0 Å². The highest BCUT2D eigenvalue weighted by molar-refractivity contribution is 5.94. The summed E-state index contributed by atoms with van der Waals surface area (Å²) in [5.74, 6) is 0.0176. The summed E-state index contributed by atoms with van der Waals surface area (Å²) in [6.45, 7) is 7.98. The van der Waals surface area contributed by atoms with Crippen molar-refractivity contribution in [3.63, 3.8) is 0 Å². The van der Waals surface area contributed by atoms with Gasteiger partial charge in [0.15, 0.2) is 0 Å². The van der Waals surface area contributed by atoms with Crippen molar-refractivity contribution in [1.29, 1.82) is 0 Å². The van der Waals surface area contributed by atoms with Gasteiger partial charge in [-0.15, -0.1) is 0 Å². The van der Waals surface area contributed by atoms with Crippen molar-refractivity contribution in [2.75, 3.05) is 45.2 Å². The zero-order valence-electron chi connectivity index (χ0n) is 17.2. The number of nitrogens with one attached hydrogen (secondary N) is 1. The number of carbonyl (C=O) groups is 1. The van der Waals surface area contributed by atoms with Crippen LogP contribution in [0.15, 0.2) is 42.5 Å². The van der Waals surface area contributed by atoms with Gasteiger partial charge in [-0.2, -0.15) is 0 Å². The average molecular weight is 387 g/mol. The number of para-hydroxylation sites is 1. The van der Waals surface area contributed by atoms with Crippen LogP contribution in [0.25, 0.3) is 0 Å². The van der Waals surface area contributed by atoms with E-state index in [1.807, 2.05) is 24.3 Å². The van der Waals surface area contributed by atoms with Crippen LogP contribution in [0.2, 0.25) is 0 Å². The van der Waals surface area contributed by atoms with Gasteiger partial charge < -0.3 is 19.9 Å². The van der Waals surface area contributed by atoms with E-state index in [2.05, 4.69) is 24.1 Å². The average Bonchev–Trinajstić information content (AvgIpc) is 2.69. The molecule has 0 unspecified atom stereocenters. The molecule has 0 heterocycles. The number of benzene rings is 2. The first-order valence-electron chi connectivity index (χ1n) is 9.64. The fourth-order valence-electron chi connectivity index (χ4n) is 2.90. The third kappa shape index (κ3) is 5.96. The Morgan fingerprint density at radius 1 is 1.11 bits per heavy atom. The lowest BCUT2D eigenvalue weighted by molar-refractivity contribution is 0.0950. The number of halogens is 1. The highest BCUT2D eigenvalue weighted by Crippen LogP contribution is 2.20. The van der Waals surface area contributed by atoms with Crippen LogP contribution < -0.4 is 15.0 Å². The normalized spacial score (nSPS) is 10.8. The van der Waals surface area contributed by atoms with Crippen molar-refractivity contribution in [3.05, 3.63) is 59.4 Å². The summed E-state index contributed by atoms with van der Waals surface area (Å²) in [7, 11) is 3.52. The fourth-order valence-corrected chi connectivity index (χ4v) is 2.90. The third-order valence-electron chi connectivity index (χ3n) is 4.66. The number of amides is 1. The predicted octanol–water partition coefficient (Wildman–Crippen LogP) is 3.54. The molecule has 1 N–H and O–H groups in total. The van der Waals surface area contributed by atoms with E-state index in [0.717, 1.165) is 30.9 Å². The summed E-state index contributed by atoms with van der Waals surface area (Å²) in [5.41, 5.74) is 1.63. The van der Waals surface area contributed by atoms with Gasteiger partial charge in [-0.05, 0) is 37.4 Å². The second kappa shape index (κ2) is 10.7. The van der Waals surface area contributed by atoms with Gasteiger partial charge >= 0.3 is 0 Å². The van der Waals surface area contributed by atoms with Crippen LogP contribution in [-0.4, -0.2) is 51.1 Å². The topological polar surface area (TPSA) is 44.8 Å². The van der Waals surface area contributed by atoms with E-state index >= 15 is 0 Å². The van der Waals surface area contributed by atoms with Crippen molar-refractivity contribution in [1.82, 2.24) is 10.2 Å². The Bertz CT molecular complexity index is 776. The molecule has 0 aliphatic carbocycles. The molecule has 0 spiro atoms. The van der Waals surface area contributed by atoms with Crippen molar-refractivity contribution in [2.45, 2.75) is 20.4 Å². The first kappa shape index (κ1) is 21.7. The monoisotopic (exact) mass is 387 g/mol. The second-order valence-electron chi connectivity index (χ2n) is 6.73. The molecule has 5 nitrogen and oxygen atoms in total. The summed E-state index contributed by atoms with van der Waals surface area (Å²) in [4.78, 5) is 16.4. The van der Waals surface area contributed by atoms with E-state index in [9.17, 15) is 9.18 Å². The van der Waals surface area contributed by atoms with E-state index in [4.69, 9.17) is 4.74 Å². The first-order valence-corrected chi connectivity index (χ1v) is 9.64. The molecule has 1 amide bonds. The Morgan fingerprint density at radius 2 is 1.82 bits per heavy atom. The molecule has 0 fully saturated rings. The molecule has 0 atom stereocenters. The molecule has 2 aromatic rings. The van der Waals surface area contributed by atoms with Gasteiger partial charge in [0.05, 0.1) is 5.69 Å². The van der Waals surface area contributed by atoms with Gasteiger partial charge in [-0.3, -0.25) is 4.79 Å². The van der Waals surface area contributed by atoms with Gasteiger partial charge in [0, 0.05) is 38.3 Å². The number of hydrogen-bond donors (Lipinski definition) is 1. The number of rotatable bonds is 10. The zero-order valence-corrected chi connectivity index (χ0v) is 17.2. The SMILES string of the molecule is CCN(CC)CCOc1ccccc1CNC(=O)c1ccc(N(C)C)c(F)c1. The summed E-state index contributed by atoms with van der Waals surface area (Å²) >= 11 is 0. The van der Waals surface area contributed by atoms with E-state index < -0.39 is 5.82 Å². The molecule has 28 heavy (non-hydrogen) atoms. The molecule has 152 valence electrons. The smallest absolute Gasteiger partial charge is 0.251 e. The van der Waals surface area contributed by atoms with Gasteiger partial charge in [-0.1, -0.05) is 32.0 Å². The molecule has 2 aromatic carbocycles. The van der Waals surface area contributed by atoms with E-state index in [-0.39, 0.29) is 5.91 Å². The summed E-state index contributed by atoms with van der Waals surface area (Å²) in [5, 5.41) is 2.84. The van der Waals surface area contributed by atoms with Gasteiger partial charge in [-0.25, -0.2) is 4.39 Å². The second-order valence-corrected chi connectivity index (χ2v) is 6.73. The van der Waals surface area contributed by atoms with Crippen molar-refractivity contribution in [3.8, 4) is 5.75 Å². The molecule has 0 aliphatic heterocycles. The molecular formula is C22H30FN3O2.